The van der Waals surface area contributed by atoms with Crippen molar-refractivity contribution in [3.8, 4) is 5.75 Å². The summed E-state index contributed by atoms with van der Waals surface area (Å²) in [6.45, 7) is 5.15. The predicted molar refractivity (Wildman–Crippen MR) is 98.4 cm³/mol. The molecule has 0 saturated heterocycles. The zero-order valence-electron chi connectivity index (χ0n) is 14.3. The summed E-state index contributed by atoms with van der Waals surface area (Å²) in [6, 6.07) is 7.97. The van der Waals surface area contributed by atoms with Crippen molar-refractivity contribution in [2.75, 3.05) is 18.9 Å². The van der Waals surface area contributed by atoms with E-state index >= 15 is 0 Å². The van der Waals surface area contributed by atoms with Gasteiger partial charge in [0.05, 0.1) is 0 Å². The Morgan fingerprint density at radius 1 is 1.22 bits per heavy atom. The fraction of sp³-hybridized carbons (Fsp3) is 0.632. The number of amides is 1. The van der Waals surface area contributed by atoms with E-state index in [0.29, 0.717) is 5.92 Å². The van der Waals surface area contributed by atoms with Crippen molar-refractivity contribution >= 4 is 17.7 Å². The molecule has 0 bridgehead atoms. The minimum atomic E-state index is -0.0396. The van der Waals surface area contributed by atoms with Gasteiger partial charge in [-0.25, -0.2) is 0 Å². The third-order valence-electron chi connectivity index (χ3n) is 4.25. The van der Waals surface area contributed by atoms with Crippen LogP contribution in [0, 0.1) is 0 Å². The molecule has 0 heterocycles. The van der Waals surface area contributed by atoms with Crippen LogP contribution < -0.4 is 10.1 Å². The standard InChI is InChI=1S/C19H29NO2S/c1-15(2)16-8-10-17(11-9-16)22-14-19(21)20-12-13-23-18-6-4-3-5-7-18/h8-11,15,18H,3-7,12-14H2,1-2H3,(H,20,21). The molecule has 1 aliphatic carbocycles. The summed E-state index contributed by atoms with van der Waals surface area (Å²) in [6.07, 6.45) is 6.81. The molecule has 4 heteroatoms. The molecular formula is C19H29NO2S. The van der Waals surface area contributed by atoms with Crippen molar-refractivity contribution in [3.05, 3.63) is 29.8 Å². The van der Waals surface area contributed by atoms with E-state index in [4.69, 9.17) is 4.74 Å². The van der Waals surface area contributed by atoms with Gasteiger partial charge >= 0.3 is 0 Å². The molecule has 0 aliphatic heterocycles. The van der Waals surface area contributed by atoms with E-state index in [1.54, 1.807) is 0 Å². The summed E-state index contributed by atoms with van der Waals surface area (Å²) >= 11 is 2.00. The first kappa shape index (κ1) is 18.2. The van der Waals surface area contributed by atoms with Gasteiger partial charge in [-0.2, -0.15) is 11.8 Å². The van der Waals surface area contributed by atoms with Crippen LogP contribution in [0.5, 0.6) is 5.75 Å². The van der Waals surface area contributed by atoms with Crippen molar-refractivity contribution in [2.24, 2.45) is 0 Å². The van der Waals surface area contributed by atoms with Gasteiger partial charge < -0.3 is 10.1 Å². The quantitative estimate of drug-likeness (QED) is 0.717. The number of benzene rings is 1. The van der Waals surface area contributed by atoms with Gasteiger partial charge in [-0.3, -0.25) is 4.79 Å². The lowest BCUT2D eigenvalue weighted by atomic mass is 10.0. The average Bonchev–Trinajstić information content (AvgIpc) is 2.58. The van der Waals surface area contributed by atoms with Crippen molar-refractivity contribution in [1.82, 2.24) is 5.32 Å². The minimum absolute atomic E-state index is 0.0396. The van der Waals surface area contributed by atoms with Gasteiger partial charge in [0.15, 0.2) is 6.61 Å². The van der Waals surface area contributed by atoms with E-state index in [0.717, 1.165) is 23.3 Å². The largest absolute Gasteiger partial charge is 0.484 e. The van der Waals surface area contributed by atoms with E-state index in [1.165, 1.54) is 37.7 Å². The molecule has 128 valence electrons. The van der Waals surface area contributed by atoms with Gasteiger partial charge in [0, 0.05) is 17.5 Å². The highest BCUT2D eigenvalue weighted by atomic mass is 32.2. The molecule has 1 fully saturated rings. The summed E-state index contributed by atoms with van der Waals surface area (Å²) in [7, 11) is 0. The maximum atomic E-state index is 11.8. The maximum absolute atomic E-state index is 11.8. The van der Waals surface area contributed by atoms with E-state index in [9.17, 15) is 4.79 Å². The SMILES string of the molecule is CC(C)c1ccc(OCC(=O)NCCSC2CCCCC2)cc1. The van der Waals surface area contributed by atoms with Crippen LogP contribution in [0.4, 0.5) is 0 Å². The molecule has 0 spiro atoms. The zero-order chi connectivity index (χ0) is 16.5. The van der Waals surface area contributed by atoms with Gasteiger partial charge in [0.25, 0.3) is 5.91 Å². The first-order valence-corrected chi connectivity index (χ1v) is 9.81. The Morgan fingerprint density at radius 2 is 1.91 bits per heavy atom. The Labute approximate surface area is 144 Å². The second-order valence-electron chi connectivity index (χ2n) is 6.49. The third kappa shape index (κ3) is 6.86. The van der Waals surface area contributed by atoms with Gasteiger partial charge in [-0.15, -0.1) is 0 Å². The number of carbonyl (C=O) groups excluding carboxylic acids is 1. The molecule has 1 N–H and O–H groups in total. The summed E-state index contributed by atoms with van der Waals surface area (Å²) < 4.78 is 5.53. The average molecular weight is 336 g/mol. The summed E-state index contributed by atoms with van der Waals surface area (Å²) in [4.78, 5) is 11.8. The van der Waals surface area contributed by atoms with Crippen LogP contribution in [0.3, 0.4) is 0 Å². The first-order chi connectivity index (χ1) is 11.1. The molecule has 1 aromatic carbocycles. The predicted octanol–water partition coefficient (Wildman–Crippen LogP) is 4.37. The summed E-state index contributed by atoms with van der Waals surface area (Å²) in [5, 5.41) is 3.74. The smallest absolute Gasteiger partial charge is 0.257 e. The van der Waals surface area contributed by atoms with E-state index in [1.807, 2.05) is 23.9 Å². The number of rotatable bonds is 8. The number of thioether (sulfide) groups is 1. The summed E-state index contributed by atoms with van der Waals surface area (Å²) in [5.74, 6) is 2.22. The maximum Gasteiger partial charge on any atom is 0.257 e. The van der Waals surface area contributed by atoms with Crippen molar-refractivity contribution in [2.45, 2.75) is 57.1 Å². The number of nitrogens with one attached hydrogen (secondary N) is 1. The lowest BCUT2D eigenvalue weighted by Crippen LogP contribution is -2.31. The minimum Gasteiger partial charge on any atom is -0.484 e. The number of hydrogen-bond acceptors (Lipinski definition) is 3. The van der Waals surface area contributed by atoms with Crippen LogP contribution in [0.15, 0.2) is 24.3 Å². The molecule has 23 heavy (non-hydrogen) atoms. The van der Waals surface area contributed by atoms with Gasteiger partial charge in [-0.05, 0) is 36.5 Å². The van der Waals surface area contributed by atoms with E-state index in [-0.39, 0.29) is 12.5 Å². The molecule has 2 rings (SSSR count). The first-order valence-electron chi connectivity index (χ1n) is 8.76. The monoisotopic (exact) mass is 335 g/mol. The summed E-state index contributed by atoms with van der Waals surface area (Å²) in [5.41, 5.74) is 1.28. The molecule has 0 atom stereocenters. The highest BCUT2D eigenvalue weighted by Gasteiger charge is 2.13. The van der Waals surface area contributed by atoms with Crippen LogP contribution in [0.2, 0.25) is 0 Å². The number of hydrogen-bond donors (Lipinski definition) is 1. The Balaban J connectivity index is 1.57. The Morgan fingerprint density at radius 3 is 2.57 bits per heavy atom. The van der Waals surface area contributed by atoms with Crippen LogP contribution in [0.1, 0.15) is 57.4 Å². The lowest BCUT2D eigenvalue weighted by Gasteiger charge is -2.20. The van der Waals surface area contributed by atoms with Crippen LogP contribution in [-0.2, 0) is 4.79 Å². The van der Waals surface area contributed by atoms with E-state index < -0.39 is 0 Å². The van der Waals surface area contributed by atoms with Crippen molar-refractivity contribution in [1.29, 1.82) is 0 Å². The van der Waals surface area contributed by atoms with Crippen molar-refractivity contribution < 1.29 is 9.53 Å². The Kier molecular flexibility index (Phi) is 7.80. The fourth-order valence-electron chi connectivity index (χ4n) is 2.80. The normalized spacial score (nSPS) is 15.6. The van der Waals surface area contributed by atoms with Gasteiger partial charge in [-0.1, -0.05) is 45.2 Å². The van der Waals surface area contributed by atoms with Crippen LogP contribution >= 0.6 is 11.8 Å². The molecule has 0 radical (unpaired) electrons. The molecule has 3 nitrogen and oxygen atoms in total. The second-order valence-corrected chi connectivity index (χ2v) is 7.90. The molecular weight excluding hydrogens is 306 g/mol. The fourth-order valence-corrected chi connectivity index (χ4v) is 4.02. The van der Waals surface area contributed by atoms with E-state index in [2.05, 4.69) is 31.3 Å². The van der Waals surface area contributed by atoms with Gasteiger partial charge in [0.2, 0.25) is 0 Å². The second kappa shape index (κ2) is 9.86. The van der Waals surface area contributed by atoms with Crippen LogP contribution in [-0.4, -0.2) is 30.1 Å². The molecule has 1 aromatic rings. The Bertz CT molecular complexity index is 467. The molecule has 1 amide bonds. The third-order valence-corrected chi connectivity index (χ3v) is 5.63. The number of carbonyl (C=O) groups is 1. The topological polar surface area (TPSA) is 38.3 Å². The highest BCUT2D eigenvalue weighted by Crippen LogP contribution is 2.27. The molecule has 0 aromatic heterocycles. The molecule has 1 saturated carbocycles. The zero-order valence-corrected chi connectivity index (χ0v) is 15.2. The van der Waals surface area contributed by atoms with Crippen LogP contribution in [0.25, 0.3) is 0 Å². The highest BCUT2D eigenvalue weighted by molar-refractivity contribution is 7.99. The molecule has 0 unspecified atom stereocenters. The molecule has 1 aliphatic rings. The van der Waals surface area contributed by atoms with Crippen molar-refractivity contribution in [3.63, 3.8) is 0 Å². The van der Waals surface area contributed by atoms with Gasteiger partial charge in [0.1, 0.15) is 5.75 Å². The number of ether oxygens (including phenoxy) is 1. The Hall–Kier alpha value is -1.16. The lowest BCUT2D eigenvalue weighted by molar-refractivity contribution is -0.122.